The number of rotatable bonds is 1. The fourth-order valence-corrected chi connectivity index (χ4v) is 2.51. The Hall–Kier alpha value is -1.72. The van der Waals surface area contributed by atoms with E-state index in [1.165, 1.54) is 18.3 Å². The standard InChI is InChI=1S/C13H9ClFN3S/c1-7-2-9(15)5-10(3-7)18-12-11(17-13(18)19)4-8(14)6-16-12/h2-6H,1H3,(H,17,19). The molecular formula is C13H9ClFN3S. The van der Waals surface area contributed by atoms with E-state index in [-0.39, 0.29) is 5.82 Å². The molecule has 3 rings (SSSR count). The van der Waals surface area contributed by atoms with E-state index in [4.69, 9.17) is 23.8 Å². The maximum absolute atomic E-state index is 13.5. The van der Waals surface area contributed by atoms with Gasteiger partial charge in [-0.15, -0.1) is 0 Å². The van der Waals surface area contributed by atoms with Crippen molar-refractivity contribution in [3.8, 4) is 5.69 Å². The molecule has 0 fully saturated rings. The predicted octanol–water partition coefficient (Wildman–Crippen LogP) is 4.18. The molecule has 0 aliphatic rings. The third-order valence-electron chi connectivity index (χ3n) is 2.77. The molecule has 0 aliphatic carbocycles. The summed E-state index contributed by atoms with van der Waals surface area (Å²) in [5, 5.41) is 0.520. The number of nitrogens with one attached hydrogen (secondary N) is 1. The first-order chi connectivity index (χ1) is 9.04. The van der Waals surface area contributed by atoms with Crippen molar-refractivity contribution < 1.29 is 4.39 Å². The number of halogens is 2. The number of aromatic nitrogens is 3. The maximum atomic E-state index is 13.5. The van der Waals surface area contributed by atoms with Crippen molar-refractivity contribution in [2.45, 2.75) is 6.92 Å². The Labute approximate surface area is 118 Å². The Morgan fingerprint density at radius 3 is 2.84 bits per heavy atom. The van der Waals surface area contributed by atoms with Crippen LogP contribution in [0.2, 0.25) is 5.02 Å². The number of imidazole rings is 1. The van der Waals surface area contributed by atoms with E-state index in [9.17, 15) is 4.39 Å². The van der Waals surface area contributed by atoms with Crippen LogP contribution in [0, 0.1) is 17.5 Å². The summed E-state index contributed by atoms with van der Waals surface area (Å²) < 4.78 is 15.7. The van der Waals surface area contributed by atoms with Crippen LogP contribution >= 0.6 is 23.8 Å². The number of fused-ring (bicyclic) bond motifs is 1. The quantitative estimate of drug-likeness (QED) is 0.683. The molecule has 1 aromatic carbocycles. The summed E-state index contributed by atoms with van der Waals surface area (Å²) >= 11 is 11.2. The lowest BCUT2D eigenvalue weighted by Crippen LogP contribution is -1.97. The molecule has 3 aromatic rings. The minimum atomic E-state index is -0.305. The molecule has 2 heterocycles. The van der Waals surface area contributed by atoms with Crippen LogP contribution in [0.3, 0.4) is 0 Å². The number of aryl methyl sites for hydroxylation is 1. The fourth-order valence-electron chi connectivity index (χ4n) is 2.06. The van der Waals surface area contributed by atoms with Gasteiger partial charge in [0.15, 0.2) is 10.4 Å². The van der Waals surface area contributed by atoms with Gasteiger partial charge >= 0.3 is 0 Å². The predicted molar refractivity (Wildman–Crippen MR) is 76.0 cm³/mol. The summed E-state index contributed by atoms with van der Waals surface area (Å²) in [6.07, 6.45) is 1.54. The highest BCUT2D eigenvalue weighted by Gasteiger charge is 2.09. The minimum absolute atomic E-state index is 0.305. The molecule has 0 saturated heterocycles. The van der Waals surface area contributed by atoms with E-state index in [0.717, 1.165) is 11.1 Å². The Bertz CT molecular complexity index is 817. The van der Waals surface area contributed by atoms with Crippen molar-refractivity contribution in [1.82, 2.24) is 14.5 Å². The zero-order chi connectivity index (χ0) is 13.6. The first kappa shape index (κ1) is 12.3. The van der Waals surface area contributed by atoms with Gasteiger partial charge in [0.2, 0.25) is 0 Å². The largest absolute Gasteiger partial charge is 0.329 e. The first-order valence-corrected chi connectivity index (χ1v) is 6.37. The van der Waals surface area contributed by atoms with E-state index in [2.05, 4.69) is 9.97 Å². The highest BCUT2D eigenvalue weighted by molar-refractivity contribution is 7.71. The molecule has 0 atom stereocenters. The van der Waals surface area contributed by atoms with Gasteiger partial charge in [-0.25, -0.2) is 9.37 Å². The van der Waals surface area contributed by atoms with Crippen molar-refractivity contribution >= 4 is 35.0 Å². The summed E-state index contributed by atoms with van der Waals surface area (Å²) in [5.74, 6) is -0.305. The molecule has 19 heavy (non-hydrogen) atoms. The van der Waals surface area contributed by atoms with Gasteiger partial charge in [-0.1, -0.05) is 11.6 Å². The lowest BCUT2D eigenvalue weighted by Gasteiger charge is -2.05. The monoisotopic (exact) mass is 293 g/mol. The third kappa shape index (κ3) is 2.15. The molecule has 6 heteroatoms. The Morgan fingerprint density at radius 2 is 2.11 bits per heavy atom. The average Bonchev–Trinajstić information content (AvgIpc) is 2.62. The molecule has 0 amide bonds. The van der Waals surface area contributed by atoms with E-state index >= 15 is 0 Å². The first-order valence-electron chi connectivity index (χ1n) is 5.58. The summed E-state index contributed by atoms with van der Waals surface area (Å²) in [4.78, 5) is 7.26. The molecule has 0 spiro atoms. The van der Waals surface area contributed by atoms with Crippen LogP contribution in [-0.4, -0.2) is 14.5 Å². The molecule has 0 radical (unpaired) electrons. The van der Waals surface area contributed by atoms with Crippen molar-refractivity contribution in [3.63, 3.8) is 0 Å². The number of benzene rings is 1. The van der Waals surface area contributed by atoms with Crippen LogP contribution in [-0.2, 0) is 0 Å². The molecule has 1 N–H and O–H groups in total. The number of nitrogens with zero attached hydrogens (tertiary/aromatic N) is 2. The zero-order valence-corrected chi connectivity index (χ0v) is 11.5. The second kappa shape index (κ2) is 4.43. The highest BCUT2D eigenvalue weighted by atomic mass is 35.5. The Kier molecular flexibility index (Phi) is 2.88. The van der Waals surface area contributed by atoms with Gasteiger partial charge in [0.1, 0.15) is 5.82 Å². The molecule has 0 unspecified atom stereocenters. The number of hydrogen-bond acceptors (Lipinski definition) is 2. The normalized spacial score (nSPS) is 11.1. The average molecular weight is 294 g/mol. The van der Waals surface area contributed by atoms with E-state index < -0.39 is 0 Å². The van der Waals surface area contributed by atoms with Crippen molar-refractivity contribution in [2.75, 3.05) is 0 Å². The van der Waals surface area contributed by atoms with E-state index in [1.54, 1.807) is 10.6 Å². The molecule has 0 aliphatic heterocycles. The SMILES string of the molecule is Cc1cc(F)cc(-n2c(=S)[nH]c3cc(Cl)cnc32)c1. The van der Waals surface area contributed by atoms with Crippen LogP contribution in [0.15, 0.2) is 30.5 Å². The van der Waals surface area contributed by atoms with Crippen molar-refractivity contribution in [2.24, 2.45) is 0 Å². The summed E-state index contributed by atoms with van der Waals surface area (Å²) in [7, 11) is 0. The number of H-pyrrole nitrogens is 1. The van der Waals surface area contributed by atoms with Crippen LogP contribution in [0.4, 0.5) is 4.39 Å². The fraction of sp³-hybridized carbons (Fsp3) is 0.0769. The van der Waals surface area contributed by atoms with E-state index in [0.29, 0.717) is 21.1 Å². The van der Waals surface area contributed by atoms with Gasteiger partial charge in [-0.2, -0.15) is 0 Å². The van der Waals surface area contributed by atoms with Crippen molar-refractivity contribution in [1.29, 1.82) is 0 Å². The summed E-state index contributed by atoms with van der Waals surface area (Å²) in [6, 6.07) is 6.48. The van der Waals surface area contributed by atoms with Gasteiger partial charge in [0.25, 0.3) is 0 Å². The second-order valence-corrected chi connectivity index (χ2v) is 5.10. The van der Waals surface area contributed by atoms with E-state index in [1.807, 2.05) is 13.0 Å². The van der Waals surface area contributed by atoms with Crippen LogP contribution in [0.5, 0.6) is 0 Å². The molecule has 3 nitrogen and oxygen atoms in total. The summed E-state index contributed by atoms with van der Waals surface area (Å²) in [5.41, 5.74) is 2.81. The number of pyridine rings is 1. The topological polar surface area (TPSA) is 33.6 Å². The number of aromatic amines is 1. The van der Waals surface area contributed by atoms with Gasteiger partial charge < -0.3 is 4.98 Å². The molecular weight excluding hydrogens is 285 g/mol. The molecule has 0 saturated carbocycles. The second-order valence-electron chi connectivity index (χ2n) is 4.28. The minimum Gasteiger partial charge on any atom is -0.329 e. The lowest BCUT2D eigenvalue weighted by molar-refractivity contribution is 0.625. The molecule has 0 bridgehead atoms. The van der Waals surface area contributed by atoms with Crippen molar-refractivity contribution in [3.05, 3.63) is 51.6 Å². The van der Waals surface area contributed by atoms with Crippen LogP contribution in [0.25, 0.3) is 16.9 Å². The molecule has 96 valence electrons. The Morgan fingerprint density at radius 1 is 1.32 bits per heavy atom. The van der Waals surface area contributed by atoms with Gasteiger partial charge in [-0.05, 0) is 49.0 Å². The van der Waals surface area contributed by atoms with Crippen LogP contribution in [0.1, 0.15) is 5.56 Å². The number of hydrogen-bond donors (Lipinski definition) is 1. The highest BCUT2D eigenvalue weighted by Crippen LogP contribution is 2.21. The molecule has 2 aromatic heterocycles. The van der Waals surface area contributed by atoms with Gasteiger partial charge in [0, 0.05) is 6.20 Å². The van der Waals surface area contributed by atoms with Gasteiger partial charge in [0.05, 0.1) is 16.2 Å². The third-order valence-corrected chi connectivity index (χ3v) is 3.27. The zero-order valence-electron chi connectivity index (χ0n) is 9.95. The Balaban J connectivity index is 2.36. The van der Waals surface area contributed by atoms with Gasteiger partial charge in [-0.3, -0.25) is 4.57 Å². The van der Waals surface area contributed by atoms with Crippen LogP contribution < -0.4 is 0 Å². The summed E-state index contributed by atoms with van der Waals surface area (Å²) in [6.45, 7) is 1.83. The smallest absolute Gasteiger partial charge is 0.184 e. The lowest BCUT2D eigenvalue weighted by atomic mass is 10.2. The maximum Gasteiger partial charge on any atom is 0.184 e.